The second kappa shape index (κ2) is 7.30. The van der Waals surface area contributed by atoms with Crippen LogP contribution < -0.4 is 5.73 Å². The number of aromatic nitrogens is 2. The van der Waals surface area contributed by atoms with E-state index in [2.05, 4.69) is 4.98 Å². The highest BCUT2D eigenvalue weighted by Gasteiger charge is 2.21. The Morgan fingerprint density at radius 2 is 1.71 bits per heavy atom. The summed E-state index contributed by atoms with van der Waals surface area (Å²) in [5.41, 5.74) is 8.80. The molecule has 0 radical (unpaired) electrons. The fraction of sp³-hybridized carbons (Fsp3) is 0.0952. The van der Waals surface area contributed by atoms with Crippen molar-refractivity contribution in [2.24, 2.45) is 0 Å². The fourth-order valence-electron chi connectivity index (χ4n) is 3.16. The molecule has 0 bridgehead atoms. The number of imidazole rings is 1. The number of sulfone groups is 1. The average molecular weight is 412 g/mol. The highest BCUT2D eigenvalue weighted by Crippen LogP contribution is 2.23. The highest BCUT2D eigenvalue weighted by molar-refractivity contribution is 7.90. The second-order valence-corrected chi connectivity index (χ2v) is 8.99. The molecule has 0 unspecified atom stereocenters. The lowest BCUT2D eigenvalue weighted by atomic mass is 10.2. The van der Waals surface area contributed by atoms with E-state index in [0.717, 1.165) is 16.6 Å². The maximum Gasteiger partial charge on any atom is 0.185 e. The predicted octanol–water partition coefficient (Wildman–Crippen LogP) is 4.29. The van der Waals surface area contributed by atoms with Gasteiger partial charge in [-0.1, -0.05) is 35.9 Å². The van der Waals surface area contributed by atoms with E-state index in [4.69, 9.17) is 17.3 Å². The van der Waals surface area contributed by atoms with Gasteiger partial charge in [-0.05, 0) is 54.1 Å². The smallest absolute Gasteiger partial charge is 0.185 e. The Morgan fingerprint density at radius 1 is 0.964 bits per heavy atom. The van der Waals surface area contributed by atoms with E-state index < -0.39 is 9.84 Å². The molecule has 2 N–H and O–H groups in total. The molecule has 0 aliphatic carbocycles. The number of nitrogen functional groups attached to an aromatic ring is 1. The Morgan fingerprint density at radius 3 is 2.46 bits per heavy atom. The van der Waals surface area contributed by atoms with Gasteiger partial charge in [0.2, 0.25) is 0 Å². The molecule has 7 heteroatoms. The lowest BCUT2D eigenvalue weighted by Crippen LogP contribution is -2.12. The number of hydrogen-bond donors (Lipinski definition) is 1. The standard InChI is InChI=1S/C21H18ClN3O2S/c22-16-5-3-4-15(12-16)13-25-20-7-2-1-6-19(20)24-21(25)14-28(26,27)18-10-8-17(23)9-11-18/h1-12H,13-14,23H2. The number of nitrogens with zero attached hydrogens (tertiary/aromatic N) is 2. The first-order valence-corrected chi connectivity index (χ1v) is 10.7. The third-order valence-electron chi connectivity index (χ3n) is 4.52. The summed E-state index contributed by atoms with van der Waals surface area (Å²) in [7, 11) is -3.57. The zero-order valence-corrected chi connectivity index (χ0v) is 16.5. The van der Waals surface area contributed by atoms with Crippen molar-refractivity contribution in [3.05, 3.63) is 89.2 Å². The lowest BCUT2D eigenvalue weighted by molar-refractivity contribution is 0.592. The summed E-state index contributed by atoms with van der Waals surface area (Å²) in [5.74, 6) is 0.282. The molecule has 0 saturated carbocycles. The van der Waals surface area contributed by atoms with E-state index >= 15 is 0 Å². The molecule has 0 aliphatic rings. The average Bonchev–Trinajstić information content (AvgIpc) is 2.99. The number of para-hydroxylation sites is 2. The van der Waals surface area contributed by atoms with Crippen molar-refractivity contribution in [3.8, 4) is 0 Å². The monoisotopic (exact) mass is 411 g/mol. The Hall–Kier alpha value is -2.83. The Bertz CT molecular complexity index is 1250. The minimum atomic E-state index is -3.57. The predicted molar refractivity (Wildman–Crippen MR) is 112 cm³/mol. The number of nitrogens with two attached hydrogens (primary N) is 1. The van der Waals surface area contributed by atoms with Gasteiger partial charge in [-0.3, -0.25) is 0 Å². The van der Waals surface area contributed by atoms with Crippen molar-refractivity contribution in [2.45, 2.75) is 17.2 Å². The van der Waals surface area contributed by atoms with Gasteiger partial charge in [0.15, 0.2) is 9.84 Å². The van der Waals surface area contributed by atoms with Crippen LogP contribution in [-0.2, 0) is 22.1 Å². The largest absolute Gasteiger partial charge is 0.399 e. The van der Waals surface area contributed by atoms with Crippen molar-refractivity contribution in [1.29, 1.82) is 0 Å². The normalized spacial score (nSPS) is 11.8. The molecule has 0 amide bonds. The van der Waals surface area contributed by atoms with Gasteiger partial charge in [0, 0.05) is 17.3 Å². The molecule has 4 rings (SSSR count). The van der Waals surface area contributed by atoms with E-state index in [0.29, 0.717) is 23.1 Å². The number of rotatable bonds is 5. The Kier molecular flexibility index (Phi) is 4.83. The molecule has 1 aromatic heterocycles. The molecule has 4 aromatic rings. The van der Waals surface area contributed by atoms with Crippen LogP contribution in [0.4, 0.5) is 5.69 Å². The van der Waals surface area contributed by atoms with E-state index in [9.17, 15) is 8.42 Å². The molecule has 142 valence electrons. The zero-order chi connectivity index (χ0) is 19.7. The second-order valence-electron chi connectivity index (χ2n) is 6.56. The van der Waals surface area contributed by atoms with Crippen LogP contribution in [0.5, 0.6) is 0 Å². The summed E-state index contributed by atoms with van der Waals surface area (Å²) >= 11 is 6.11. The molecule has 0 saturated heterocycles. The first-order valence-electron chi connectivity index (χ1n) is 8.69. The van der Waals surface area contributed by atoms with Gasteiger partial charge in [-0.2, -0.15) is 0 Å². The van der Waals surface area contributed by atoms with Gasteiger partial charge in [-0.25, -0.2) is 13.4 Å². The van der Waals surface area contributed by atoms with Crippen LogP contribution in [-0.4, -0.2) is 18.0 Å². The molecule has 1 heterocycles. The lowest BCUT2D eigenvalue weighted by Gasteiger charge is -2.11. The summed E-state index contributed by atoms with van der Waals surface area (Å²) in [5, 5.41) is 0.637. The minimum absolute atomic E-state index is 0.202. The van der Waals surface area contributed by atoms with Crippen molar-refractivity contribution in [3.63, 3.8) is 0 Å². The van der Waals surface area contributed by atoms with Crippen LogP contribution in [0.3, 0.4) is 0 Å². The minimum Gasteiger partial charge on any atom is -0.399 e. The highest BCUT2D eigenvalue weighted by atomic mass is 35.5. The molecular formula is C21H18ClN3O2S. The maximum absolute atomic E-state index is 12.9. The van der Waals surface area contributed by atoms with Crippen LogP contribution >= 0.6 is 11.6 Å². The summed E-state index contributed by atoms with van der Waals surface area (Å²) in [6, 6.07) is 21.3. The first-order chi connectivity index (χ1) is 13.4. The maximum atomic E-state index is 12.9. The van der Waals surface area contributed by atoms with Crippen molar-refractivity contribution in [2.75, 3.05) is 5.73 Å². The van der Waals surface area contributed by atoms with E-state index in [1.165, 1.54) is 12.1 Å². The summed E-state index contributed by atoms with van der Waals surface area (Å²) in [4.78, 5) is 4.81. The topological polar surface area (TPSA) is 78.0 Å². The van der Waals surface area contributed by atoms with Gasteiger partial charge < -0.3 is 10.3 Å². The quantitative estimate of drug-likeness (QED) is 0.497. The number of hydrogen-bond acceptors (Lipinski definition) is 4. The Labute approximate surface area is 168 Å². The molecule has 0 fully saturated rings. The van der Waals surface area contributed by atoms with Crippen molar-refractivity contribution >= 4 is 38.2 Å². The van der Waals surface area contributed by atoms with Gasteiger partial charge in [0.25, 0.3) is 0 Å². The van der Waals surface area contributed by atoms with Crippen LogP contribution in [0.2, 0.25) is 5.02 Å². The third kappa shape index (κ3) is 3.74. The van der Waals surface area contributed by atoms with Gasteiger partial charge in [0.1, 0.15) is 11.6 Å². The fourth-order valence-corrected chi connectivity index (χ4v) is 4.65. The molecule has 0 atom stereocenters. The molecule has 28 heavy (non-hydrogen) atoms. The SMILES string of the molecule is Nc1ccc(S(=O)(=O)Cc2nc3ccccc3n2Cc2cccc(Cl)c2)cc1. The van der Waals surface area contributed by atoms with E-state index in [-0.39, 0.29) is 10.6 Å². The van der Waals surface area contributed by atoms with Crippen LogP contribution in [0.25, 0.3) is 11.0 Å². The number of fused-ring (bicyclic) bond motifs is 1. The summed E-state index contributed by atoms with van der Waals surface area (Å²) < 4.78 is 27.8. The number of halogens is 1. The van der Waals surface area contributed by atoms with Crippen LogP contribution in [0, 0.1) is 0 Å². The number of benzene rings is 3. The van der Waals surface area contributed by atoms with Gasteiger partial charge in [0.05, 0.1) is 15.9 Å². The van der Waals surface area contributed by atoms with Crippen molar-refractivity contribution in [1.82, 2.24) is 9.55 Å². The van der Waals surface area contributed by atoms with Crippen LogP contribution in [0.1, 0.15) is 11.4 Å². The van der Waals surface area contributed by atoms with E-state index in [1.807, 2.05) is 53.1 Å². The van der Waals surface area contributed by atoms with Gasteiger partial charge in [-0.15, -0.1) is 0 Å². The van der Waals surface area contributed by atoms with Gasteiger partial charge >= 0.3 is 0 Å². The first kappa shape index (κ1) is 18.5. The molecule has 5 nitrogen and oxygen atoms in total. The number of anilines is 1. The van der Waals surface area contributed by atoms with Crippen molar-refractivity contribution < 1.29 is 8.42 Å². The summed E-state index contributed by atoms with van der Waals surface area (Å²) in [6.07, 6.45) is 0. The van der Waals surface area contributed by atoms with Crippen LogP contribution in [0.15, 0.2) is 77.7 Å². The Balaban J connectivity index is 1.77. The molecular weight excluding hydrogens is 394 g/mol. The molecule has 0 spiro atoms. The van der Waals surface area contributed by atoms with E-state index in [1.54, 1.807) is 12.1 Å². The molecule has 3 aromatic carbocycles. The molecule has 0 aliphatic heterocycles. The third-order valence-corrected chi connectivity index (χ3v) is 6.39. The summed E-state index contributed by atoms with van der Waals surface area (Å²) in [6.45, 7) is 0.480. The zero-order valence-electron chi connectivity index (χ0n) is 14.9.